The highest BCUT2D eigenvalue weighted by molar-refractivity contribution is 7.90. The Hall–Kier alpha value is -2.67. The van der Waals surface area contributed by atoms with Gasteiger partial charge < -0.3 is 10.3 Å². The van der Waals surface area contributed by atoms with Crippen LogP contribution < -0.4 is 5.32 Å². The molecule has 0 saturated carbocycles. The molecule has 118 valence electrons. The summed E-state index contributed by atoms with van der Waals surface area (Å²) in [4.78, 5) is 15.2. The minimum atomic E-state index is -3.36. The Kier molecular flexibility index (Phi) is 3.65. The van der Waals surface area contributed by atoms with E-state index in [1.165, 1.54) is 30.3 Å². The van der Waals surface area contributed by atoms with Crippen molar-refractivity contribution in [2.24, 2.45) is 0 Å². The molecule has 2 aromatic carbocycles. The van der Waals surface area contributed by atoms with Gasteiger partial charge in [-0.3, -0.25) is 4.79 Å². The first-order valence-corrected chi connectivity index (χ1v) is 8.62. The van der Waals surface area contributed by atoms with Gasteiger partial charge >= 0.3 is 0 Å². The smallest absolute Gasteiger partial charge is 0.272 e. The van der Waals surface area contributed by atoms with Crippen molar-refractivity contribution in [3.05, 3.63) is 60.0 Å². The Morgan fingerprint density at radius 2 is 1.87 bits per heavy atom. The highest BCUT2D eigenvalue weighted by Gasteiger charge is 2.13. The van der Waals surface area contributed by atoms with Crippen LogP contribution in [0, 0.1) is 5.82 Å². The molecule has 0 saturated heterocycles. The first-order valence-electron chi connectivity index (χ1n) is 6.73. The zero-order valence-electron chi connectivity index (χ0n) is 12.1. The van der Waals surface area contributed by atoms with Gasteiger partial charge in [0.25, 0.3) is 5.91 Å². The van der Waals surface area contributed by atoms with Crippen LogP contribution in [0.4, 0.5) is 10.1 Å². The summed E-state index contributed by atoms with van der Waals surface area (Å²) in [6, 6.07) is 11.9. The maximum atomic E-state index is 13.7. The Morgan fingerprint density at radius 3 is 2.57 bits per heavy atom. The number of fused-ring (bicyclic) bond motifs is 1. The summed E-state index contributed by atoms with van der Waals surface area (Å²) in [6.45, 7) is 0. The molecule has 1 aromatic heterocycles. The second-order valence-electron chi connectivity index (χ2n) is 5.14. The third-order valence-electron chi connectivity index (χ3n) is 3.38. The number of H-pyrrole nitrogens is 1. The number of carbonyl (C=O) groups excluding carboxylic acids is 1. The van der Waals surface area contributed by atoms with Crippen LogP contribution >= 0.6 is 0 Å². The van der Waals surface area contributed by atoms with E-state index < -0.39 is 21.6 Å². The number of rotatable bonds is 3. The fourth-order valence-corrected chi connectivity index (χ4v) is 2.91. The number of amides is 1. The van der Waals surface area contributed by atoms with Crippen molar-refractivity contribution >= 4 is 32.3 Å². The van der Waals surface area contributed by atoms with E-state index in [-0.39, 0.29) is 10.6 Å². The number of carbonyl (C=O) groups is 1. The number of hydrogen-bond acceptors (Lipinski definition) is 3. The van der Waals surface area contributed by atoms with Crippen LogP contribution in [-0.2, 0) is 9.84 Å². The Labute approximate surface area is 132 Å². The summed E-state index contributed by atoms with van der Waals surface area (Å²) in [6.07, 6.45) is 1.09. The summed E-state index contributed by atoms with van der Waals surface area (Å²) in [5, 5.41) is 2.92. The van der Waals surface area contributed by atoms with Gasteiger partial charge in [-0.2, -0.15) is 0 Å². The van der Waals surface area contributed by atoms with Gasteiger partial charge in [-0.1, -0.05) is 12.1 Å². The lowest BCUT2D eigenvalue weighted by Crippen LogP contribution is -2.12. The molecule has 0 atom stereocenters. The number of benzene rings is 2. The molecule has 3 rings (SSSR count). The molecule has 0 fully saturated rings. The largest absolute Gasteiger partial charge is 0.350 e. The van der Waals surface area contributed by atoms with Crippen molar-refractivity contribution in [1.29, 1.82) is 0 Å². The molecule has 3 aromatic rings. The quantitative estimate of drug-likeness (QED) is 0.774. The zero-order chi connectivity index (χ0) is 16.6. The standard InChI is InChI=1S/C16H13FN2O3S/c1-23(21,22)11-5-2-4-10(8-11)18-16(20)15-9-12-13(17)6-3-7-14(12)19-15/h2-9,19H,1H3,(H,18,20). The van der Waals surface area contributed by atoms with Gasteiger partial charge in [-0.05, 0) is 36.4 Å². The number of anilines is 1. The SMILES string of the molecule is CS(=O)(=O)c1cccc(NC(=O)c2cc3c(F)cccc3[nH]2)c1. The van der Waals surface area contributed by atoms with Crippen molar-refractivity contribution in [3.8, 4) is 0 Å². The third-order valence-corrected chi connectivity index (χ3v) is 4.49. The lowest BCUT2D eigenvalue weighted by molar-refractivity contribution is 0.102. The van der Waals surface area contributed by atoms with E-state index in [0.717, 1.165) is 6.26 Å². The number of sulfone groups is 1. The second kappa shape index (κ2) is 5.51. The predicted molar refractivity (Wildman–Crippen MR) is 85.8 cm³/mol. The van der Waals surface area contributed by atoms with Crippen LogP contribution in [0.1, 0.15) is 10.5 Å². The first kappa shape index (κ1) is 15.2. The summed E-state index contributed by atoms with van der Waals surface area (Å²) >= 11 is 0. The van der Waals surface area contributed by atoms with E-state index in [1.54, 1.807) is 18.2 Å². The van der Waals surface area contributed by atoms with E-state index in [1.807, 2.05) is 0 Å². The van der Waals surface area contributed by atoms with Crippen LogP contribution in [0.5, 0.6) is 0 Å². The van der Waals surface area contributed by atoms with E-state index in [4.69, 9.17) is 0 Å². The van der Waals surface area contributed by atoms with Crippen LogP contribution in [0.3, 0.4) is 0 Å². The van der Waals surface area contributed by atoms with Gasteiger partial charge in [0.1, 0.15) is 11.5 Å². The lowest BCUT2D eigenvalue weighted by atomic mass is 10.2. The molecule has 1 amide bonds. The van der Waals surface area contributed by atoms with Crippen LogP contribution in [0.2, 0.25) is 0 Å². The maximum Gasteiger partial charge on any atom is 0.272 e. The van der Waals surface area contributed by atoms with E-state index in [2.05, 4.69) is 10.3 Å². The van der Waals surface area contributed by atoms with Crippen LogP contribution in [-0.4, -0.2) is 25.6 Å². The van der Waals surface area contributed by atoms with E-state index in [9.17, 15) is 17.6 Å². The fourth-order valence-electron chi connectivity index (χ4n) is 2.24. The van der Waals surface area contributed by atoms with Gasteiger partial charge in [-0.15, -0.1) is 0 Å². The van der Waals surface area contributed by atoms with Crippen LogP contribution in [0.15, 0.2) is 53.4 Å². The van der Waals surface area contributed by atoms with Crippen LogP contribution in [0.25, 0.3) is 10.9 Å². The molecule has 23 heavy (non-hydrogen) atoms. The number of halogens is 1. The minimum absolute atomic E-state index is 0.109. The summed E-state index contributed by atoms with van der Waals surface area (Å²) in [5.41, 5.74) is 1.05. The van der Waals surface area contributed by atoms with Crippen molar-refractivity contribution < 1.29 is 17.6 Å². The molecule has 7 heteroatoms. The van der Waals surface area contributed by atoms with E-state index >= 15 is 0 Å². The molecule has 1 heterocycles. The topological polar surface area (TPSA) is 79.0 Å². The molecule has 0 radical (unpaired) electrons. The molecule has 2 N–H and O–H groups in total. The fraction of sp³-hybridized carbons (Fsp3) is 0.0625. The van der Waals surface area contributed by atoms with Gasteiger partial charge in [0.05, 0.1) is 4.90 Å². The molecule has 0 aliphatic rings. The second-order valence-corrected chi connectivity index (χ2v) is 7.15. The van der Waals surface area contributed by atoms with Gasteiger partial charge in [0.15, 0.2) is 9.84 Å². The minimum Gasteiger partial charge on any atom is -0.350 e. The maximum absolute atomic E-state index is 13.7. The molecule has 0 aliphatic carbocycles. The molecule has 0 bridgehead atoms. The van der Waals surface area contributed by atoms with Crippen molar-refractivity contribution in [2.75, 3.05) is 11.6 Å². The average Bonchev–Trinajstić information content (AvgIpc) is 2.92. The molecule has 0 unspecified atom stereocenters. The lowest BCUT2D eigenvalue weighted by Gasteiger charge is -2.05. The zero-order valence-corrected chi connectivity index (χ0v) is 12.9. The third kappa shape index (κ3) is 3.09. The monoisotopic (exact) mass is 332 g/mol. The molecule has 0 aliphatic heterocycles. The number of aromatic nitrogens is 1. The van der Waals surface area contributed by atoms with Crippen molar-refractivity contribution in [1.82, 2.24) is 4.98 Å². The number of aromatic amines is 1. The van der Waals surface area contributed by atoms with Gasteiger partial charge in [-0.25, -0.2) is 12.8 Å². The summed E-state index contributed by atoms with van der Waals surface area (Å²) in [7, 11) is -3.36. The van der Waals surface area contributed by atoms with Crippen molar-refractivity contribution in [3.63, 3.8) is 0 Å². The summed E-state index contributed by atoms with van der Waals surface area (Å²) < 4.78 is 36.7. The summed E-state index contributed by atoms with van der Waals surface area (Å²) in [5.74, 6) is -0.900. The average molecular weight is 332 g/mol. The van der Waals surface area contributed by atoms with E-state index in [0.29, 0.717) is 16.6 Å². The molecular formula is C16H13FN2O3S. The molecule has 5 nitrogen and oxygen atoms in total. The Balaban J connectivity index is 1.90. The number of nitrogens with one attached hydrogen (secondary N) is 2. The van der Waals surface area contributed by atoms with Gasteiger partial charge in [0.2, 0.25) is 0 Å². The first-order chi connectivity index (χ1) is 10.8. The Bertz CT molecular complexity index is 1010. The molecular weight excluding hydrogens is 319 g/mol. The highest BCUT2D eigenvalue weighted by atomic mass is 32.2. The normalized spacial score (nSPS) is 11.6. The Morgan fingerprint density at radius 1 is 1.13 bits per heavy atom. The van der Waals surface area contributed by atoms with Crippen molar-refractivity contribution in [2.45, 2.75) is 4.90 Å². The number of hydrogen-bond donors (Lipinski definition) is 2. The molecule has 0 spiro atoms. The highest BCUT2D eigenvalue weighted by Crippen LogP contribution is 2.20. The predicted octanol–water partition coefficient (Wildman–Crippen LogP) is 2.96. The van der Waals surface area contributed by atoms with Gasteiger partial charge in [0, 0.05) is 22.8 Å².